The first-order valence-electron chi connectivity index (χ1n) is 9.09. The topological polar surface area (TPSA) is 71.7 Å². The lowest BCUT2D eigenvalue weighted by Gasteiger charge is -2.36. The Balaban J connectivity index is 1.58. The van der Waals surface area contributed by atoms with E-state index in [2.05, 4.69) is 9.88 Å². The van der Waals surface area contributed by atoms with Crippen LogP contribution < -0.4 is 15.4 Å². The molecule has 2 N–H and O–H groups in total. The number of anilines is 2. The van der Waals surface area contributed by atoms with Gasteiger partial charge >= 0.3 is 0 Å². The van der Waals surface area contributed by atoms with Crippen LogP contribution in [0.4, 0.5) is 11.4 Å². The molecule has 0 saturated carbocycles. The van der Waals surface area contributed by atoms with Crippen LogP contribution in [0.2, 0.25) is 5.02 Å². The lowest BCUT2D eigenvalue weighted by molar-refractivity contribution is 0.0743. The maximum absolute atomic E-state index is 13.2. The van der Waals surface area contributed by atoms with Crippen LogP contribution in [0.1, 0.15) is 10.5 Å². The van der Waals surface area contributed by atoms with Crippen molar-refractivity contribution in [2.75, 3.05) is 43.9 Å². The highest BCUT2D eigenvalue weighted by molar-refractivity contribution is 6.30. The highest BCUT2D eigenvalue weighted by Crippen LogP contribution is 2.32. The van der Waals surface area contributed by atoms with Crippen LogP contribution in [0.15, 0.2) is 48.7 Å². The molecule has 2 aromatic carbocycles. The maximum Gasteiger partial charge on any atom is 0.273 e. The van der Waals surface area contributed by atoms with Gasteiger partial charge in [-0.2, -0.15) is 0 Å². The number of nitrogens with two attached hydrogens (primary N) is 1. The SMILES string of the molecule is COc1ccc(N)c2c(C(=O)N3CCN(c4cccc(Cl)c4)CC3)nccc12. The maximum atomic E-state index is 13.2. The van der Waals surface area contributed by atoms with Crippen LogP contribution in [0.25, 0.3) is 10.8 Å². The molecule has 3 aromatic rings. The number of hydrogen-bond acceptors (Lipinski definition) is 5. The number of carbonyl (C=O) groups is 1. The zero-order valence-corrected chi connectivity index (χ0v) is 16.3. The molecule has 1 aliphatic heterocycles. The summed E-state index contributed by atoms with van der Waals surface area (Å²) in [6.07, 6.45) is 1.62. The molecule has 1 aliphatic rings. The smallest absolute Gasteiger partial charge is 0.273 e. The first-order valence-corrected chi connectivity index (χ1v) is 9.47. The van der Waals surface area contributed by atoms with E-state index >= 15 is 0 Å². The quantitative estimate of drug-likeness (QED) is 0.686. The van der Waals surface area contributed by atoms with Crippen molar-refractivity contribution in [1.82, 2.24) is 9.88 Å². The fourth-order valence-electron chi connectivity index (χ4n) is 3.63. The summed E-state index contributed by atoms with van der Waals surface area (Å²) in [4.78, 5) is 21.6. The average molecular weight is 397 g/mol. The van der Waals surface area contributed by atoms with E-state index in [0.29, 0.717) is 40.6 Å². The number of carbonyl (C=O) groups excluding carboxylic acids is 1. The van der Waals surface area contributed by atoms with Gasteiger partial charge in [0.1, 0.15) is 11.4 Å². The van der Waals surface area contributed by atoms with Gasteiger partial charge in [-0.3, -0.25) is 9.78 Å². The van der Waals surface area contributed by atoms with Crippen LogP contribution in [-0.4, -0.2) is 49.1 Å². The Morgan fingerprint density at radius 3 is 2.64 bits per heavy atom. The molecule has 0 spiro atoms. The van der Waals surface area contributed by atoms with Crippen molar-refractivity contribution in [3.63, 3.8) is 0 Å². The van der Waals surface area contributed by atoms with Gasteiger partial charge in [0.2, 0.25) is 0 Å². The summed E-state index contributed by atoms with van der Waals surface area (Å²) in [5, 5.41) is 2.14. The lowest BCUT2D eigenvalue weighted by atomic mass is 10.1. The van der Waals surface area contributed by atoms with E-state index in [1.165, 1.54) is 0 Å². The third kappa shape index (κ3) is 3.31. The predicted molar refractivity (Wildman–Crippen MR) is 112 cm³/mol. The largest absolute Gasteiger partial charge is 0.496 e. The molecular formula is C21H21ClN4O2. The minimum absolute atomic E-state index is 0.115. The normalized spacial score (nSPS) is 14.4. The number of aromatic nitrogens is 1. The number of amides is 1. The minimum atomic E-state index is -0.115. The average Bonchev–Trinajstić information content (AvgIpc) is 2.73. The number of benzene rings is 2. The van der Waals surface area contributed by atoms with Crippen molar-refractivity contribution in [2.45, 2.75) is 0 Å². The molecule has 144 valence electrons. The first kappa shape index (κ1) is 18.4. The van der Waals surface area contributed by atoms with Gasteiger partial charge < -0.3 is 20.3 Å². The highest BCUT2D eigenvalue weighted by atomic mass is 35.5. The van der Waals surface area contributed by atoms with E-state index < -0.39 is 0 Å². The number of fused-ring (bicyclic) bond motifs is 1. The Hall–Kier alpha value is -2.99. The summed E-state index contributed by atoms with van der Waals surface area (Å²) in [7, 11) is 1.60. The number of methoxy groups -OCH3 is 1. The molecule has 0 bridgehead atoms. The van der Waals surface area contributed by atoms with Crippen LogP contribution in [0.3, 0.4) is 0 Å². The van der Waals surface area contributed by atoms with Crippen LogP contribution in [-0.2, 0) is 0 Å². The van der Waals surface area contributed by atoms with Gasteiger partial charge in [-0.05, 0) is 36.4 Å². The fourth-order valence-corrected chi connectivity index (χ4v) is 3.81. The Kier molecular flexibility index (Phi) is 4.96. The van der Waals surface area contributed by atoms with Crippen LogP contribution in [0, 0.1) is 0 Å². The van der Waals surface area contributed by atoms with Gasteiger partial charge in [0.05, 0.1) is 7.11 Å². The molecule has 1 saturated heterocycles. The Labute approximate surface area is 168 Å². The van der Waals surface area contributed by atoms with E-state index in [0.717, 1.165) is 24.2 Å². The molecule has 1 fully saturated rings. The molecule has 28 heavy (non-hydrogen) atoms. The second-order valence-corrected chi connectivity index (χ2v) is 7.13. The minimum Gasteiger partial charge on any atom is -0.496 e. The number of hydrogen-bond donors (Lipinski definition) is 1. The molecular weight excluding hydrogens is 376 g/mol. The molecule has 0 unspecified atom stereocenters. The van der Waals surface area contributed by atoms with Crippen LogP contribution >= 0.6 is 11.6 Å². The number of nitrogen functional groups attached to an aromatic ring is 1. The van der Waals surface area contributed by atoms with Crippen LogP contribution in [0.5, 0.6) is 5.75 Å². The Morgan fingerprint density at radius 2 is 1.93 bits per heavy atom. The molecule has 1 amide bonds. The summed E-state index contributed by atoms with van der Waals surface area (Å²) in [6, 6.07) is 13.1. The number of rotatable bonds is 3. The monoisotopic (exact) mass is 396 g/mol. The van der Waals surface area contributed by atoms with E-state index in [9.17, 15) is 4.79 Å². The Morgan fingerprint density at radius 1 is 1.14 bits per heavy atom. The molecule has 7 heteroatoms. The molecule has 0 aliphatic carbocycles. The van der Waals surface area contributed by atoms with E-state index in [4.69, 9.17) is 22.1 Å². The predicted octanol–water partition coefficient (Wildman–Crippen LogP) is 3.44. The van der Waals surface area contributed by atoms with Gasteiger partial charge in [0.15, 0.2) is 0 Å². The molecule has 4 rings (SSSR count). The standard InChI is InChI=1S/C21H21ClN4O2/c1-28-18-6-5-17(23)19-16(18)7-8-24-20(19)21(27)26-11-9-25(10-12-26)15-4-2-3-14(22)13-15/h2-8,13H,9-12,23H2,1H3. The van der Waals surface area contributed by atoms with Gasteiger partial charge in [0.25, 0.3) is 5.91 Å². The highest BCUT2D eigenvalue weighted by Gasteiger charge is 2.25. The number of ether oxygens (including phenoxy) is 1. The summed E-state index contributed by atoms with van der Waals surface area (Å²) in [5.74, 6) is 0.558. The van der Waals surface area contributed by atoms with Crippen molar-refractivity contribution in [3.05, 3.63) is 59.4 Å². The lowest BCUT2D eigenvalue weighted by Crippen LogP contribution is -2.49. The molecule has 0 radical (unpaired) electrons. The molecule has 0 atom stereocenters. The molecule has 6 nitrogen and oxygen atoms in total. The van der Waals surface area contributed by atoms with E-state index in [1.807, 2.05) is 35.2 Å². The third-order valence-electron chi connectivity index (χ3n) is 5.08. The van der Waals surface area contributed by atoms with Gasteiger partial charge in [0, 0.05) is 59.5 Å². The second kappa shape index (κ2) is 7.56. The van der Waals surface area contributed by atoms with E-state index in [-0.39, 0.29) is 5.91 Å². The van der Waals surface area contributed by atoms with E-state index in [1.54, 1.807) is 25.4 Å². The summed E-state index contributed by atoms with van der Waals surface area (Å²) < 4.78 is 5.41. The molecule has 1 aromatic heterocycles. The zero-order chi connectivity index (χ0) is 19.7. The fraction of sp³-hybridized carbons (Fsp3) is 0.238. The third-order valence-corrected chi connectivity index (χ3v) is 5.32. The number of piperazine rings is 1. The zero-order valence-electron chi connectivity index (χ0n) is 15.6. The van der Waals surface area contributed by atoms with Gasteiger partial charge in [-0.25, -0.2) is 0 Å². The van der Waals surface area contributed by atoms with Crippen molar-refractivity contribution in [2.24, 2.45) is 0 Å². The second-order valence-electron chi connectivity index (χ2n) is 6.70. The number of nitrogens with zero attached hydrogens (tertiary/aromatic N) is 3. The summed E-state index contributed by atoms with van der Waals surface area (Å²) in [5.41, 5.74) is 8.12. The van der Waals surface area contributed by atoms with Crippen molar-refractivity contribution in [1.29, 1.82) is 0 Å². The summed E-state index contributed by atoms with van der Waals surface area (Å²) >= 11 is 6.10. The number of pyridine rings is 1. The van der Waals surface area contributed by atoms with Gasteiger partial charge in [-0.1, -0.05) is 17.7 Å². The van der Waals surface area contributed by atoms with Gasteiger partial charge in [-0.15, -0.1) is 0 Å². The van der Waals surface area contributed by atoms with Crippen molar-refractivity contribution in [3.8, 4) is 5.75 Å². The van der Waals surface area contributed by atoms with Crippen molar-refractivity contribution < 1.29 is 9.53 Å². The van der Waals surface area contributed by atoms with Crippen molar-refractivity contribution >= 4 is 39.7 Å². The first-order chi connectivity index (χ1) is 13.6. The Bertz CT molecular complexity index is 1030. The molecule has 2 heterocycles. The summed E-state index contributed by atoms with van der Waals surface area (Å²) in [6.45, 7) is 2.67. The number of halogens is 1.